The Kier molecular flexibility index (Phi) is 4.61. The first-order chi connectivity index (χ1) is 11.6. The smallest absolute Gasteiger partial charge is 0.303 e. The van der Waals surface area contributed by atoms with Crippen molar-refractivity contribution >= 4 is 16.9 Å². The lowest BCUT2D eigenvalue weighted by Crippen LogP contribution is -2.05. The van der Waals surface area contributed by atoms with Gasteiger partial charge in [-0.25, -0.2) is 0 Å². The van der Waals surface area contributed by atoms with Crippen molar-refractivity contribution in [1.82, 2.24) is 0 Å². The third kappa shape index (κ3) is 3.81. The number of benzene rings is 2. The van der Waals surface area contributed by atoms with Gasteiger partial charge in [-0.15, -0.1) is 0 Å². The highest BCUT2D eigenvalue weighted by Crippen LogP contribution is 2.21. The van der Waals surface area contributed by atoms with Crippen LogP contribution in [0.3, 0.4) is 0 Å². The van der Waals surface area contributed by atoms with Gasteiger partial charge in [-0.3, -0.25) is 9.59 Å². The standard InChI is InChI=1S/C19H16O5/c20-17-11-15(7-9-19(21)22)24-18-8-6-14(10-16(17)18)23-12-13-4-2-1-3-5-13/h1-6,8,10-11H,7,9,12H2,(H,21,22). The van der Waals surface area contributed by atoms with Gasteiger partial charge in [0.1, 0.15) is 23.7 Å². The number of rotatable bonds is 6. The molecule has 122 valence electrons. The summed E-state index contributed by atoms with van der Waals surface area (Å²) in [7, 11) is 0. The van der Waals surface area contributed by atoms with Gasteiger partial charge in [0.15, 0.2) is 5.43 Å². The van der Waals surface area contributed by atoms with Crippen molar-refractivity contribution in [3.8, 4) is 5.75 Å². The molecule has 0 aliphatic heterocycles. The molecule has 1 N–H and O–H groups in total. The van der Waals surface area contributed by atoms with E-state index >= 15 is 0 Å². The van der Waals surface area contributed by atoms with Gasteiger partial charge in [-0.05, 0) is 23.8 Å². The Morgan fingerprint density at radius 1 is 1.08 bits per heavy atom. The zero-order valence-electron chi connectivity index (χ0n) is 12.9. The van der Waals surface area contributed by atoms with Gasteiger partial charge >= 0.3 is 5.97 Å². The summed E-state index contributed by atoms with van der Waals surface area (Å²) in [6.07, 6.45) is 0.111. The molecule has 0 amide bonds. The topological polar surface area (TPSA) is 76.7 Å². The Hall–Kier alpha value is -3.08. The van der Waals surface area contributed by atoms with E-state index in [2.05, 4.69) is 0 Å². The molecule has 0 saturated heterocycles. The molecule has 0 aliphatic carbocycles. The van der Waals surface area contributed by atoms with Crippen LogP contribution in [-0.2, 0) is 17.8 Å². The van der Waals surface area contributed by atoms with E-state index in [0.29, 0.717) is 29.1 Å². The normalized spacial score (nSPS) is 10.7. The highest BCUT2D eigenvalue weighted by atomic mass is 16.5. The maximum absolute atomic E-state index is 12.2. The zero-order chi connectivity index (χ0) is 16.9. The Morgan fingerprint density at radius 2 is 1.88 bits per heavy atom. The minimum absolute atomic E-state index is 0.0767. The first-order valence-electron chi connectivity index (χ1n) is 7.57. The molecule has 24 heavy (non-hydrogen) atoms. The summed E-state index contributed by atoms with van der Waals surface area (Å²) in [4.78, 5) is 22.8. The molecule has 5 nitrogen and oxygen atoms in total. The van der Waals surface area contributed by atoms with Crippen molar-refractivity contribution in [3.63, 3.8) is 0 Å². The van der Waals surface area contributed by atoms with Crippen LogP contribution in [0, 0.1) is 0 Å². The van der Waals surface area contributed by atoms with Gasteiger partial charge in [0, 0.05) is 12.5 Å². The average Bonchev–Trinajstić information content (AvgIpc) is 2.59. The predicted octanol–water partition coefficient (Wildman–Crippen LogP) is 3.39. The van der Waals surface area contributed by atoms with Crippen molar-refractivity contribution in [1.29, 1.82) is 0 Å². The summed E-state index contributed by atoms with van der Waals surface area (Å²) >= 11 is 0. The lowest BCUT2D eigenvalue weighted by molar-refractivity contribution is -0.137. The van der Waals surface area contributed by atoms with E-state index in [1.54, 1.807) is 18.2 Å². The number of fused-ring (bicyclic) bond motifs is 1. The minimum atomic E-state index is -0.928. The van der Waals surface area contributed by atoms with Gasteiger partial charge in [0.05, 0.1) is 11.8 Å². The lowest BCUT2D eigenvalue weighted by Gasteiger charge is -2.07. The molecule has 3 aromatic rings. The van der Waals surface area contributed by atoms with E-state index in [4.69, 9.17) is 14.3 Å². The number of carboxylic acid groups (broad SMARTS) is 1. The molecular weight excluding hydrogens is 308 g/mol. The number of hydrogen-bond donors (Lipinski definition) is 1. The summed E-state index contributed by atoms with van der Waals surface area (Å²) in [5.74, 6) is 0.0206. The van der Waals surface area contributed by atoms with Gasteiger partial charge in [-0.2, -0.15) is 0 Å². The molecule has 5 heteroatoms. The molecule has 0 aliphatic rings. The predicted molar refractivity (Wildman–Crippen MR) is 89.2 cm³/mol. The maximum atomic E-state index is 12.2. The van der Waals surface area contributed by atoms with Gasteiger partial charge in [-0.1, -0.05) is 30.3 Å². The van der Waals surface area contributed by atoms with Crippen LogP contribution in [0.4, 0.5) is 0 Å². The van der Waals surface area contributed by atoms with E-state index in [-0.39, 0.29) is 18.3 Å². The van der Waals surface area contributed by atoms with E-state index < -0.39 is 5.97 Å². The fraction of sp³-hybridized carbons (Fsp3) is 0.158. The van der Waals surface area contributed by atoms with Crippen LogP contribution < -0.4 is 10.2 Å². The molecule has 1 aromatic heterocycles. The van der Waals surface area contributed by atoms with Crippen LogP contribution in [-0.4, -0.2) is 11.1 Å². The molecule has 0 fully saturated rings. The largest absolute Gasteiger partial charge is 0.489 e. The summed E-state index contributed by atoms with van der Waals surface area (Å²) in [5.41, 5.74) is 1.25. The van der Waals surface area contributed by atoms with E-state index in [9.17, 15) is 9.59 Å². The molecular formula is C19H16O5. The molecule has 0 spiro atoms. The number of carbonyl (C=O) groups is 1. The molecule has 0 atom stereocenters. The van der Waals surface area contributed by atoms with Crippen molar-refractivity contribution in [2.75, 3.05) is 0 Å². The first kappa shape index (κ1) is 15.8. The molecule has 2 aromatic carbocycles. The quantitative estimate of drug-likeness (QED) is 0.752. The Bertz CT molecular complexity index is 912. The molecule has 0 bridgehead atoms. The monoisotopic (exact) mass is 324 g/mol. The summed E-state index contributed by atoms with van der Waals surface area (Å²) < 4.78 is 11.3. The van der Waals surface area contributed by atoms with Gasteiger partial charge < -0.3 is 14.3 Å². The second-order valence-corrected chi connectivity index (χ2v) is 5.40. The summed E-state index contributed by atoms with van der Waals surface area (Å²) in [6, 6.07) is 16.1. The highest BCUT2D eigenvalue weighted by Gasteiger charge is 2.08. The lowest BCUT2D eigenvalue weighted by atomic mass is 10.1. The van der Waals surface area contributed by atoms with Crippen LogP contribution in [0.1, 0.15) is 17.7 Å². The Balaban J connectivity index is 1.80. The van der Waals surface area contributed by atoms with E-state index in [0.717, 1.165) is 5.56 Å². The second-order valence-electron chi connectivity index (χ2n) is 5.40. The minimum Gasteiger partial charge on any atom is -0.489 e. The average molecular weight is 324 g/mol. The molecule has 1 heterocycles. The van der Waals surface area contributed by atoms with Crippen molar-refractivity contribution in [2.24, 2.45) is 0 Å². The van der Waals surface area contributed by atoms with E-state index in [1.807, 2.05) is 30.3 Å². The summed E-state index contributed by atoms with van der Waals surface area (Å²) in [6.45, 7) is 0.411. The van der Waals surface area contributed by atoms with Crippen molar-refractivity contribution in [2.45, 2.75) is 19.4 Å². The van der Waals surface area contributed by atoms with Crippen molar-refractivity contribution in [3.05, 3.63) is 76.1 Å². The fourth-order valence-electron chi connectivity index (χ4n) is 2.37. The molecule has 0 saturated carbocycles. The van der Waals surface area contributed by atoms with Crippen molar-refractivity contribution < 1.29 is 19.1 Å². The SMILES string of the molecule is O=C(O)CCc1cc(=O)c2cc(OCc3ccccc3)ccc2o1. The number of aryl methyl sites for hydroxylation is 1. The number of ether oxygens (including phenoxy) is 1. The van der Waals surface area contributed by atoms with Crippen LogP contribution in [0.25, 0.3) is 11.0 Å². The third-order valence-electron chi connectivity index (χ3n) is 3.58. The van der Waals surface area contributed by atoms with Crippen LogP contribution in [0.5, 0.6) is 5.75 Å². The summed E-state index contributed by atoms with van der Waals surface area (Å²) in [5, 5.41) is 9.13. The van der Waals surface area contributed by atoms with Gasteiger partial charge in [0.25, 0.3) is 0 Å². The van der Waals surface area contributed by atoms with Crippen LogP contribution >= 0.6 is 0 Å². The highest BCUT2D eigenvalue weighted by molar-refractivity contribution is 5.78. The molecule has 3 rings (SSSR count). The fourth-order valence-corrected chi connectivity index (χ4v) is 2.37. The van der Waals surface area contributed by atoms with Gasteiger partial charge in [0.2, 0.25) is 0 Å². The number of carboxylic acids is 1. The second kappa shape index (κ2) is 7.00. The van der Waals surface area contributed by atoms with Crippen LogP contribution in [0.15, 0.2) is 63.8 Å². The molecule has 0 unspecified atom stereocenters. The Labute approximate surface area is 138 Å². The Morgan fingerprint density at radius 3 is 2.62 bits per heavy atom. The van der Waals surface area contributed by atoms with Crippen LogP contribution in [0.2, 0.25) is 0 Å². The third-order valence-corrected chi connectivity index (χ3v) is 3.58. The number of hydrogen-bond acceptors (Lipinski definition) is 4. The maximum Gasteiger partial charge on any atom is 0.303 e. The molecule has 0 radical (unpaired) electrons. The number of aliphatic carboxylic acids is 1. The first-order valence-corrected chi connectivity index (χ1v) is 7.57. The van der Waals surface area contributed by atoms with E-state index in [1.165, 1.54) is 6.07 Å². The zero-order valence-corrected chi connectivity index (χ0v) is 12.9.